The summed E-state index contributed by atoms with van der Waals surface area (Å²) in [6, 6.07) is 12.8. The Morgan fingerprint density at radius 2 is 1.28 bits per heavy atom. The number of primary sulfonamides is 1. The lowest BCUT2D eigenvalue weighted by Gasteiger charge is -2.09. The van der Waals surface area contributed by atoms with Gasteiger partial charge in [0.1, 0.15) is 0 Å². The van der Waals surface area contributed by atoms with E-state index in [0.29, 0.717) is 11.4 Å². The summed E-state index contributed by atoms with van der Waals surface area (Å²) in [7, 11) is -4.59. The lowest BCUT2D eigenvalue weighted by atomic mass is 10.3. The van der Waals surface area contributed by atoms with Crippen LogP contribution in [0.1, 0.15) is 0 Å². The SMILES string of the molecule is COc1cc(NS(=O)(=O)c2ccc(N)cc2)nc(OC)n1.Nc1ccc(S(N)(=O)=O)cc1. The Balaban J connectivity index is 0.000000278. The van der Waals surface area contributed by atoms with E-state index in [2.05, 4.69) is 14.7 Å². The fraction of sp³-hybridized carbons (Fsp3) is 0.111. The third-order valence-corrected chi connectivity index (χ3v) is 6.01. The zero-order valence-corrected chi connectivity index (χ0v) is 18.7. The molecular weight excluding hydrogens is 460 g/mol. The maximum Gasteiger partial charge on any atom is 0.321 e. The molecular formula is C18H22N6O6S2. The fourth-order valence-corrected chi connectivity index (χ4v) is 3.66. The van der Waals surface area contributed by atoms with E-state index in [-0.39, 0.29) is 27.5 Å². The molecule has 14 heteroatoms. The van der Waals surface area contributed by atoms with Crippen LogP contribution in [0.5, 0.6) is 11.9 Å². The van der Waals surface area contributed by atoms with Crippen LogP contribution in [0.15, 0.2) is 64.4 Å². The normalized spacial score (nSPS) is 11.1. The van der Waals surface area contributed by atoms with Gasteiger partial charge in [-0.2, -0.15) is 9.97 Å². The first-order valence-corrected chi connectivity index (χ1v) is 11.7. The monoisotopic (exact) mass is 482 g/mol. The number of methoxy groups -OCH3 is 2. The van der Waals surface area contributed by atoms with E-state index in [1.165, 1.54) is 68.8 Å². The average molecular weight is 483 g/mol. The van der Waals surface area contributed by atoms with E-state index in [1.807, 2.05) is 0 Å². The van der Waals surface area contributed by atoms with Crippen LogP contribution >= 0.6 is 0 Å². The van der Waals surface area contributed by atoms with Crippen molar-refractivity contribution in [1.82, 2.24) is 9.97 Å². The van der Waals surface area contributed by atoms with Gasteiger partial charge in [-0.05, 0) is 48.5 Å². The van der Waals surface area contributed by atoms with E-state index in [0.717, 1.165) is 0 Å². The van der Waals surface area contributed by atoms with Crippen LogP contribution in [-0.4, -0.2) is 41.0 Å². The maximum atomic E-state index is 12.2. The van der Waals surface area contributed by atoms with Crippen LogP contribution < -0.4 is 30.8 Å². The zero-order valence-electron chi connectivity index (χ0n) is 17.1. The Kier molecular flexibility index (Phi) is 7.80. The van der Waals surface area contributed by atoms with Crippen molar-refractivity contribution in [3.63, 3.8) is 0 Å². The van der Waals surface area contributed by atoms with E-state index in [4.69, 9.17) is 26.1 Å². The number of hydrogen-bond donors (Lipinski definition) is 4. The van der Waals surface area contributed by atoms with Gasteiger partial charge < -0.3 is 20.9 Å². The van der Waals surface area contributed by atoms with Crippen molar-refractivity contribution in [3.8, 4) is 11.9 Å². The molecule has 172 valence electrons. The van der Waals surface area contributed by atoms with Gasteiger partial charge in [-0.1, -0.05) is 0 Å². The molecule has 3 aromatic rings. The molecule has 0 unspecified atom stereocenters. The van der Waals surface area contributed by atoms with Crippen molar-refractivity contribution in [1.29, 1.82) is 0 Å². The Morgan fingerprint density at radius 3 is 1.72 bits per heavy atom. The number of benzene rings is 2. The number of ether oxygens (including phenoxy) is 2. The standard InChI is InChI=1S/C12H14N4O4S.C6H8N2O2S/c1-19-11-7-10(14-12(15-11)20-2)16-21(17,18)9-5-3-8(13)4-6-9;7-5-1-3-6(4-2-5)11(8,9)10/h3-7H,13H2,1-2H3,(H,14,15,16);1-4H,7H2,(H2,8,9,10). The van der Waals surface area contributed by atoms with E-state index in [1.54, 1.807) is 0 Å². The predicted molar refractivity (Wildman–Crippen MR) is 119 cm³/mol. The molecule has 32 heavy (non-hydrogen) atoms. The highest BCUT2D eigenvalue weighted by atomic mass is 32.2. The third-order valence-electron chi connectivity index (χ3n) is 3.71. The quantitative estimate of drug-likeness (QED) is 0.364. The molecule has 12 nitrogen and oxygen atoms in total. The zero-order chi connectivity index (χ0) is 23.9. The first-order valence-electron chi connectivity index (χ1n) is 8.68. The second-order valence-electron chi connectivity index (χ2n) is 6.07. The first kappa shape index (κ1) is 24.6. The van der Waals surface area contributed by atoms with Crippen LogP contribution in [0.4, 0.5) is 17.2 Å². The summed E-state index contributed by atoms with van der Waals surface area (Å²) in [5, 5.41) is 4.84. The summed E-state index contributed by atoms with van der Waals surface area (Å²) in [5.41, 5.74) is 11.8. The molecule has 0 fully saturated rings. The van der Waals surface area contributed by atoms with Gasteiger partial charge in [0.25, 0.3) is 10.0 Å². The number of nitrogens with zero attached hydrogens (tertiary/aromatic N) is 2. The molecule has 3 rings (SSSR count). The van der Waals surface area contributed by atoms with Gasteiger partial charge in [-0.3, -0.25) is 4.72 Å². The Hall–Kier alpha value is -3.62. The molecule has 2 aromatic carbocycles. The van der Waals surface area contributed by atoms with Crippen molar-refractivity contribution in [2.24, 2.45) is 5.14 Å². The number of nitrogens with two attached hydrogens (primary N) is 3. The largest absolute Gasteiger partial charge is 0.481 e. The minimum atomic E-state index is -3.79. The highest BCUT2D eigenvalue weighted by Crippen LogP contribution is 2.21. The van der Waals surface area contributed by atoms with Crippen LogP contribution in [0.3, 0.4) is 0 Å². The molecule has 0 atom stereocenters. The number of nitrogens with one attached hydrogen (secondary N) is 1. The van der Waals surface area contributed by atoms with E-state index in [9.17, 15) is 16.8 Å². The summed E-state index contributed by atoms with van der Waals surface area (Å²) in [6.07, 6.45) is 0. The van der Waals surface area contributed by atoms with Crippen LogP contribution in [0.25, 0.3) is 0 Å². The number of rotatable bonds is 6. The molecule has 0 aliphatic carbocycles. The van der Waals surface area contributed by atoms with Gasteiger partial charge in [-0.25, -0.2) is 22.0 Å². The summed E-state index contributed by atoms with van der Waals surface area (Å²) >= 11 is 0. The van der Waals surface area contributed by atoms with Crippen molar-refractivity contribution < 1.29 is 26.3 Å². The molecule has 0 aliphatic heterocycles. The first-order chi connectivity index (χ1) is 14.9. The average Bonchev–Trinajstić information content (AvgIpc) is 2.73. The molecule has 0 bridgehead atoms. The lowest BCUT2D eigenvalue weighted by molar-refractivity contribution is 0.353. The Morgan fingerprint density at radius 1 is 0.781 bits per heavy atom. The van der Waals surface area contributed by atoms with E-state index < -0.39 is 20.0 Å². The van der Waals surface area contributed by atoms with E-state index >= 15 is 0 Å². The molecule has 1 heterocycles. The molecule has 7 N–H and O–H groups in total. The van der Waals surface area contributed by atoms with Gasteiger partial charge >= 0.3 is 6.01 Å². The number of anilines is 3. The lowest BCUT2D eigenvalue weighted by Crippen LogP contribution is -2.14. The van der Waals surface area contributed by atoms with Crippen LogP contribution in [0.2, 0.25) is 0 Å². The smallest absolute Gasteiger partial charge is 0.321 e. The van der Waals surface area contributed by atoms with Gasteiger partial charge in [-0.15, -0.1) is 0 Å². The summed E-state index contributed by atoms with van der Waals surface area (Å²) in [4.78, 5) is 7.92. The molecule has 0 radical (unpaired) electrons. The number of nitrogen functional groups attached to an aromatic ring is 2. The maximum absolute atomic E-state index is 12.2. The van der Waals surface area contributed by atoms with Gasteiger partial charge in [0.05, 0.1) is 24.0 Å². The molecule has 0 saturated heterocycles. The fourth-order valence-electron chi connectivity index (χ4n) is 2.15. The summed E-state index contributed by atoms with van der Waals surface area (Å²) in [5.74, 6) is 0.215. The van der Waals surface area contributed by atoms with Gasteiger partial charge in [0, 0.05) is 17.4 Å². The Bertz CT molecular complexity index is 1240. The summed E-state index contributed by atoms with van der Waals surface area (Å²) in [6.45, 7) is 0. The van der Waals surface area contributed by atoms with Crippen molar-refractivity contribution in [2.75, 3.05) is 30.4 Å². The molecule has 0 spiro atoms. The number of sulfonamides is 2. The number of aromatic nitrogens is 2. The van der Waals surface area contributed by atoms with Crippen molar-refractivity contribution in [3.05, 3.63) is 54.6 Å². The summed E-state index contributed by atoms with van der Waals surface area (Å²) < 4.78 is 58.0. The minimum Gasteiger partial charge on any atom is -0.481 e. The second kappa shape index (κ2) is 10.1. The van der Waals surface area contributed by atoms with Crippen LogP contribution in [-0.2, 0) is 20.0 Å². The molecule has 0 aliphatic rings. The van der Waals surface area contributed by atoms with Gasteiger partial charge in [0.2, 0.25) is 15.9 Å². The highest BCUT2D eigenvalue weighted by Gasteiger charge is 2.16. The van der Waals surface area contributed by atoms with Crippen molar-refractivity contribution in [2.45, 2.75) is 9.79 Å². The highest BCUT2D eigenvalue weighted by molar-refractivity contribution is 7.92. The predicted octanol–water partition coefficient (Wildman–Crippen LogP) is 0.793. The molecule has 0 saturated carbocycles. The second-order valence-corrected chi connectivity index (χ2v) is 9.31. The number of hydrogen-bond acceptors (Lipinski definition) is 10. The Labute approximate surface area is 185 Å². The topological polar surface area (TPSA) is 203 Å². The third kappa shape index (κ3) is 6.97. The molecule has 1 aromatic heterocycles. The molecule has 0 amide bonds. The van der Waals surface area contributed by atoms with Crippen LogP contribution in [0, 0.1) is 0 Å². The van der Waals surface area contributed by atoms with Gasteiger partial charge in [0.15, 0.2) is 5.82 Å². The van der Waals surface area contributed by atoms with Crippen molar-refractivity contribution >= 4 is 37.2 Å². The minimum absolute atomic E-state index is 0.00986.